The average molecular weight is 403 g/mol. The summed E-state index contributed by atoms with van der Waals surface area (Å²) in [5, 5.41) is 3.00. The molecule has 0 aliphatic carbocycles. The Labute approximate surface area is 167 Å². The van der Waals surface area contributed by atoms with Crippen LogP contribution >= 0.6 is 0 Å². The SMILES string of the molecule is C[C@@H](CNC(=O)C[NH+]1CCN(S(=O)(=O)c2ccccc2)CC1)c1ccccc1. The summed E-state index contributed by atoms with van der Waals surface area (Å²) in [7, 11) is -3.45. The van der Waals surface area contributed by atoms with E-state index >= 15 is 0 Å². The van der Waals surface area contributed by atoms with Gasteiger partial charge in [0.25, 0.3) is 5.91 Å². The smallest absolute Gasteiger partial charge is 0.275 e. The van der Waals surface area contributed by atoms with Crippen molar-refractivity contribution in [3.8, 4) is 0 Å². The third kappa shape index (κ3) is 5.19. The van der Waals surface area contributed by atoms with Crippen molar-refractivity contribution in [2.24, 2.45) is 0 Å². The van der Waals surface area contributed by atoms with Gasteiger partial charge in [0.1, 0.15) is 0 Å². The molecule has 0 bridgehead atoms. The predicted octanol–water partition coefficient (Wildman–Crippen LogP) is 0.496. The zero-order chi connectivity index (χ0) is 20.0. The van der Waals surface area contributed by atoms with Crippen LogP contribution in [-0.2, 0) is 14.8 Å². The second-order valence-electron chi connectivity index (χ2n) is 7.26. The summed E-state index contributed by atoms with van der Waals surface area (Å²) in [6, 6.07) is 18.6. The number of quaternary nitrogens is 1. The van der Waals surface area contributed by atoms with Gasteiger partial charge in [0, 0.05) is 6.54 Å². The Morgan fingerprint density at radius 2 is 1.61 bits per heavy atom. The van der Waals surface area contributed by atoms with E-state index in [1.165, 1.54) is 9.87 Å². The number of nitrogens with zero attached hydrogens (tertiary/aromatic N) is 1. The van der Waals surface area contributed by atoms with Crippen LogP contribution in [-0.4, -0.2) is 57.9 Å². The molecule has 7 heteroatoms. The maximum Gasteiger partial charge on any atom is 0.275 e. The number of rotatable bonds is 7. The first-order chi connectivity index (χ1) is 13.5. The third-order valence-corrected chi connectivity index (χ3v) is 7.11. The first-order valence-electron chi connectivity index (χ1n) is 9.67. The lowest BCUT2D eigenvalue weighted by molar-refractivity contribution is -0.895. The molecule has 3 rings (SSSR count). The molecule has 2 aromatic carbocycles. The van der Waals surface area contributed by atoms with Gasteiger partial charge >= 0.3 is 0 Å². The van der Waals surface area contributed by atoms with E-state index in [-0.39, 0.29) is 11.8 Å². The number of amides is 1. The monoisotopic (exact) mass is 402 g/mol. The van der Waals surface area contributed by atoms with E-state index in [2.05, 4.69) is 24.4 Å². The summed E-state index contributed by atoms with van der Waals surface area (Å²) in [4.78, 5) is 13.7. The molecular formula is C21H28N3O3S+. The van der Waals surface area contributed by atoms with Crippen molar-refractivity contribution in [2.45, 2.75) is 17.7 Å². The summed E-state index contributed by atoms with van der Waals surface area (Å²) in [5.41, 5.74) is 1.20. The molecule has 0 aromatic heterocycles. The molecule has 0 unspecified atom stereocenters. The number of nitrogens with one attached hydrogen (secondary N) is 2. The fraction of sp³-hybridized carbons (Fsp3) is 0.381. The van der Waals surface area contributed by atoms with Crippen molar-refractivity contribution in [3.05, 3.63) is 66.2 Å². The van der Waals surface area contributed by atoms with Crippen LogP contribution in [0.1, 0.15) is 18.4 Å². The van der Waals surface area contributed by atoms with Gasteiger partial charge in [0.2, 0.25) is 10.0 Å². The van der Waals surface area contributed by atoms with Gasteiger partial charge in [-0.05, 0) is 23.6 Å². The normalized spacial score (nSPS) is 17.2. The molecule has 2 N–H and O–H groups in total. The van der Waals surface area contributed by atoms with Crippen molar-refractivity contribution in [2.75, 3.05) is 39.3 Å². The van der Waals surface area contributed by atoms with Crippen LogP contribution in [0.25, 0.3) is 0 Å². The summed E-state index contributed by atoms with van der Waals surface area (Å²) in [6.07, 6.45) is 0. The lowest BCUT2D eigenvalue weighted by atomic mass is 10.0. The van der Waals surface area contributed by atoms with Crippen LogP contribution in [0.2, 0.25) is 0 Å². The van der Waals surface area contributed by atoms with Crippen LogP contribution in [0, 0.1) is 0 Å². The Morgan fingerprint density at radius 1 is 1.04 bits per heavy atom. The fourth-order valence-electron chi connectivity index (χ4n) is 3.42. The van der Waals surface area contributed by atoms with E-state index in [0.717, 1.165) is 4.90 Å². The molecule has 6 nitrogen and oxygen atoms in total. The van der Waals surface area contributed by atoms with Crippen molar-refractivity contribution in [1.82, 2.24) is 9.62 Å². The zero-order valence-corrected chi connectivity index (χ0v) is 17.0. The minimum atomic E-state index is -3.45. The van der Waals surface area contributed by atoms with Crippen molar-refractivity contribution < 1.29 is 18.1 Å². The van der Waals surface area contributed by atoms with E-state index in [1.54, 1.807) is 30.3 Å². The molecule has 0 spiro atoms. The topological polar surface area (TPSA) is 70.9 Å². The molecule has 150 valence electrons. The van der Waals surface area contributed by atoms with Gasteiger partial charge in [0.05, 0.1) is 31.1 Å². The molecule has 1 aliphatic rings. The molecular weight excluding hydrogens is 374 g/mol. The molecule has 1 fully saturated rings. The highest BCUT2D eigenvalue weighted by atomic mass is 32.2. The van der Waals surface area contributed by atoms with Crippen LogP contribution in [0.3, 0.4) is 0 Å². The summed E-state index contributed by atoms with van der Waals surface area (Å²) in [5.74, 6) is 0.269. The number of hydrogen-bond donors (Lipinski definition) is 2. The predicted molar refractivity (Wildman–Crippen MR) is 109 cm³/mol. The quantitative estimate of drug-likeness (QED) is 0.708. The standard InChI is InChI=1S/C21H27N3O3S/c1-18(19-8-4-2-5-9-19)16-22-21(25)17-23-12-14-24(15-13-23)28(26,27)20-10-6-3-7-11-20/h2-11,18H,12-17H2,1H3,(H,22,25)/p+1/t18-/m0/s1. The van der Waals surface area contributed by atoms with E-state index in [0.29, 0.717) is 44.2 Å². The summed E-state index contributed by atoms with van der Waals surface area (Å²) in [6.45, 7) is 5.20. The van der Waals surface area contributed by atoms with Crippen LogP contribution in [0.4, 0.5) is 0 Å². The molecule has 1 heterocycles. The largest absolute Gasteiger partial charge is 0.351 e. The highest BCUT2D eigenvalue weighted by molar-refractivity contribution is 7.89. The second-order valence-corrected chi connectivity index (χ2v) is 9.20. The minimum Gasteiger partial charge on any atom is -0.351 e. The first kappa shape index (κ1) is 20.5. The Kier molecular flexibility index (Phi) is 6.83. The number of carbonyl (C=O) groups is 1. The number of sulfonamides is 1. The van der Waals surface area contributed by atoms with E-state index in [9.17, 15) is 13.2 Å². The lowest BCUT2D eigenvalue weighted by Crippen LogP contribution is -3.15. The Balaban J connectivity index is 1.44. The number of carbonyl (C=O) groups excluding carboxylic acids is 1. The summed E-state index contributed by atoms with van der Waals surface area (Å²) < 4.78 is 26.8. The van der Waals surface area contributed by atoms with E-state index < -0.39 is 10.0 Å². The number of hydrogen-bond acceptors (Lipinski definition) is 3. The molecule has 1 atom stereocenters. The van der Waals surface area contributed by atoms with E-state index in [1.807, 2.05) is 18.2 Å². The van der Waals surface area contributed by atoms with Crippen LogP contribution < -0.4 is 10.2 Å². The Hall–Kier alpha value is -2.22. The summed E-state index contributed by atoms with van der Waals surface area (Å²) >= 11 is 0. The minimum absolute atomic E-state index is 0.0112. The van der Waals surface area contributed by atoms with Gasteiger partial charge in [-0.2, -0.15) is 4.31 Å². The molecule has 1 saturated heterocycles. The maximum absolute atomic E-state index is 12.7. The van der Waals surface area contributed by atoms with Gasteiger partial charge in [-0.25, -0.2) is 8.42 Å². The van der Waals surface area contributed by atoms with Crippen LogP contribution in [0.15, 0.2) is 65.6 Å². The van der Waals surface area contributed by atoms with Crippen molar-refractivity contribution in [1.29, 1.82) is 0 Å². The maximum atomic E-state index is 12.7. The number of piperazine rings is 1. The van der Waals surface area contributed by atoms with Crippen molar-refractivity contribution in [3.63, 3.8) is 0 Å². The Morgan fingerprint density at radius 3 is 2.21 bits per heavy atom. The third-order valence-electron chi connectivity index (χ3n) is 5.20. The zero-order valence-electron chi connectivity index (χ0n) is 16.2. The van der Waals surface area contributed by atoms with Crippen LogP contribution in [0.5, 0.6) is 0 Å². The highest BCUT2D eigenvalue weighted by Gasteiger charge is 2.30. The number of benzene rings is 2. The Bertz CT molecular complexity index is 864. The van der Waals surface area contributed by atoms with E-state index in [4.69, 9.17) is 0 Å². The van der Waals surface area contributed by atoms with Gasteiger partial charge in [0.15, 0.2) is 6.54 Å². The molecule has 2 aromatic rings. The second kappa shape index (κ2) is 9.32. The first-order valence-corrected chi connectivity index (χ1v) is 11.1. The molecule has 28 heavy (non-hydrogen) atoms. The van der Waals surface area contributed by atoms with Crippen molar-refractivity contribution >= 4 is 15.9 Å². The average Bonchev–Trinajstić information content (AvgIpc) is 2.73. The molecule has 0 radical (unpaired) electrons. The lowest BCUT2D eigenvalue weighted by Gasteiger charge is -2.31. The molecule has 1 aliphatic heterocycles. The fourth-order valence-corrected chi connectivity index (χ4v) is 4.88. The highest BCUT2D eigenvalue weighted by Crippen LogP contribution is 2.15. The van der Waals surface area contributed by atoms with Gasteiger partial charge in [-0.15, -0.1) is 0 Å². The van der Waals surface area contributed by atoms with Gasteiger partial charge in [-0.1, -0.05) is 55.5 Å². The molecule has 0 saturated carbocycles. The van der Waals surface area contributed by atoms with Gasteiger partial charge in [-0.3, -0.25) is 4.79 Å². The van der Waals surface area contributed by atoms with Gasteiger partial charge < -0.3 is 10.2 Å². The molecule has 1 amide bonds.